The molecule has 1 fully saturated rings. The van der Waals surface area contributed by atoms with Gasteiger partial charge in [0.05, 0.1) is 22.4 Å². The minimum atomic E-state index is -4.42. The lowest BCUT2D eigenvalue weighted by Crippen LogP contribution is -2.45. The highest BCUT2D eigenvalue weighted by atomic mass is 32.2. The molecule has 1 aromatic heterocycles. The second-order valence-electron chi connectivity index (χ2n) is 5.12. The van der Waals surface area contributed by atoms with Crippen molar-refractivity contribution in [1.82, 2.24) is 10.3 Å². The van der Waals surface area contributed by atoms with Crippen LogP contribution >= 0.6 is 11.8 Å². The largest absolute Gasteiger partial charge is 0.417 e. The second-order valence-corrected chi connectivity index (χ2v) is 6.12. The van der Waals surface area contributed by atoms with Gasteiger partial charge in [0.1, 0.15) is 5.54 Å². The Morgan fingerprint density at radius 1 is 1.41 bits per heavy atom. The second kappa shape index (κ2) is 6.57. The first-order chi connectivity index (χ1) is 10.3. The van der Waals surface area contributed by atoms with Crippen LogP contribution in [0.25, 0.3) is 0 Å². The number of carbonyl (C=O) groups excluding carboxylic acids is 1. The van der Waals surface area contributed by atoms with Crippen molar-refractivity contribution < 1.29 is 18.0 Å². The monoisotopic (exact) mass is 329 g/mol. The minimum absolute atomic E-state index is 0.0157. The van der Waals surface area contributed by atoms with Crippen LogP contribution in [0.2, 0.25) is 0 Å². The van der Waals surface area contributed by atoms with Crippen molar-refractivity contribution in [2.24, 2.45) is 0 Å². The molecule has 0 bridgehead atoms. The van der Waals surface area contributed by atoms with E-state index in [0.29, 0.717) is 17.9 Å². The zero-order valence-electron chi connectivity index (χ0n) is 11.6. The molecule has 0 aliphatic heterocycles. The van der Waals surface area contributed by atoms with Crippen LogP contribution in [0.3, 0.4) is 0 Å². The molecule has 1 saturated carbocycles. The van der Waals surface area contributed by atoms with Gasteiger partial charge in [-0.25, -0.2) is 4.98 Å². The summed E-state index contributed by atoms with van der Waals surface area (Å²) in [4.78, 5) is 15.6. The van der Waals surface area contributed by atoms with Crippen LogP contribution in [0.5, 0.6) is 0 Å². The molecule has 0 unspecified atom stereocenters. The van der Waals surface area contributed by atoms with Crippen molar-refractivity contribution in [2.75, 3.05) is 5.75 Å². The lowest BCUT2D eigenvalue weighted by Gasteiger charge is -2.21. The quantitative estimate of drug-likeness (QED) is 0.862. The van der Waals surface area contributed by atoms with Gasteiger partial charge in [0.2, 0.25) is 5.91 Å². The van der Waals surface area contributed by atoms with Crippen LogP contribution in [0.15, 0.2) is 23.4 Å². The Kier molecular flexibility index (Phi) is 4.96. The number of halogens is 3. The molecule has 1 aliphatic carbocycles. The van der Waals surface area contributed by atoms with Gasteiger partial charge in [-0.15, -0.1) is 0 Å². The molecule has 0 aromatic carbocycles. The topological polar surface area (TPSA) is 65.8 Å². The van der Waals surface area contributed by atoms with Gasteiger partial charge >= 0.3 is 6.18 Å². The van der Waals surface area contributed by atoms with Gasteiger partial charge < -0.3 is 5.32 Å². The molecule has 0 spiro atoms. The number of hydrogen-bond donors (Lipinski definition) is 1. The van der Waals surface area contributed by atoms with E-state index in [0.717, 1.165) is 36.9 Å². The number of nitrogens with one attached hydrogen (secondary N) is 1. The highest BCUT2D eigenvalue weighted by Gasteiger charge is 2.35. The molecule has 22 heavy (non-hydrogen) atoms. The summed E-state index contributed by atoms with van der Waals surface area (Å²) in [6.45, 7) is 0. The third kappa shape index (κ3) is 4.13. The molecule has 1 heterocycles. The van der Waals surface area contributed by atoms with Crippen LogP contribution in [0, 0.1) is 11.3 Å². The summed E-state index contributed by atoms with van der Waals surface area (Å²) < 4.78 is 37.2. The molecule has 1 aliphatic rings. The third-order valence-corrected chi connectivity index (χ3v) is 4.41. The summed E-state index contributed by atoms with van der Waals surface area (Å²) in [6, 6.07) is 4.31. The van der Waals surface area contributed by atoms with Crippen molar-refractivity contribution in [1.29, 1.82) is 5.26 Å². The molecule has 1 amide bonds. The number of alkyl halides is 3. The normalized spacial score (nSPS) is 17.0. The third-order valence-electron chi connectivity index (χ3n) is 3.46. The lowest BCUT2D eigenvalue weighted by molar-refractivity contribution is -0.137. The van der Waals surface area contributed by atoms with E-state index in [1.807, 2.05) is 0 Å². The van der Waals surface area contributed by atoms with Gasteiger partial charge in [-0.1, -0.05) is 11.8 Å². The highest BCUT2D eigenvalue weighted by molar-refractivity contribution is 7.99. The van der Waals surface area contributed by atoms with E-state index >= 15 is 0 Å². The molecule has 2 rings (SSSR count). The molecule has 8 heteroatoms. The van der Waals surface area contributed by atoms with Gasteiger partial charge in [-0.05, 0) is 37.8 Å². The number of rotatable bonds is 4. The fraction of sp³-hybridized carbons (Fsp3) is 0.500. The number of thioether (sulfide) groups is 1. The molecule has 0 radical (unpaired) electrons. The average molecular weight is 329 g/mol. The first kappa shape index (κ1) is 16.6. The molecule has 0 atom stereocenters. The van der Waals surface area contributed by atoms with Crippen molar-refractivity contribution in [3.63, 3.8) is 0 Å². The lowest BCUT2D eigenvalue weighted by atomic mass is 10.0. The molecule has 4 nitrogen and oxygen atoms in total. The van der Waals surface area contributed by atoms with Crippen LogP contribution in [-0.2, 0) is 11.0 Å². The Morgan fingerprint density at radius 2 is 2.09 bits per heavy atom. The molecular weight excluding hydrogens is 315 g/mol. The average Bonchev–Trinajstić information content (AvgIpc) is 2.94. The SMILES string of the molecule is N#CC1(NC(=O)CSc2ccc(C(F)(F)F)cn2)CCCC1. The zero-order chi connectivity index (χ0) is 16.2. The van der Waals surface area contributed by atoms with Gasteiger partial charge in [-0.3, -0.25) is 4.79 Å². The Balaban J connectivity index is 1.87. The number of amides is 1. The number of nitriles is 1. The van der Waals surface area contributed by atoms with Crippen LogP contribution in [0.1, 0.15) is 31.2 Å². The van der Waals surface area contributed by atoms with Crippen LogP contribution < -0.4 is 5.32 Å². The molecular formula is C14H14F3N3OS. The number of aromatic nitrogens is 1. The number of pyridine rings is 1. The molecule has 118 valence electrons. The Hall–Kier alpha value is -1.75. The van der Waals surface area contributed by atoms with Crippen molar-refractivity contribution in [3.05, 3.63) is 23.9 Å². The van der Waals surface area contributed by atoms with E-state index in [1.165, 1.54) is 6.07 Å². The van der Waals surface area contributed by atoms with Crippen LogP contribution in [0.4, 0.5) is 13.2 Å². The molecule has 0 saturated heterocycles. The fourth-order valence-electron chi connectivity index (χ4n) is 2.32. The van der Waals surface area contributed by atoms with Crippen molar-refractivity contribution in [2.45, 2.75) is 42.4 Å². The maximum absolute atomic E-state index is 12.4. The summed E-state index contributed by atoms with van der Waals surface area (Å²) in [5.41, 5.74) is -1.61. The predicted octanol–water partition coefficient (Wildman–Crippen LogP) is 3.15. The standard InChI is InChI=1S/C14H14F3N3OS/c15-14(16,17)10-3-4-12(19-7-10)22-8-11(21)20-13(9-18)5-1-2-6-13/h3-4,7H,1-2,5-6,8H2,(H,20,21). The number of hydrogen-bond acceptors (Lipinski definition) is 4. The highest BCUT2D eigenvalue weighted by Crippen LogP contribution is 2.30. The van der Waals surface area contributed by atoms with Gasteiger partial charge in [0.15, 0.2) is 0 Å². The summed E-state index contributed by atoms with van der Waals surface area (Å²) >= 11 is 1.04. The summed E-state index contributed by atoms with van der Waals surface area (Å²) in [5, 5.41) is 12.2. The summed E-state index contributed by atoms with van der Waals surface area (Å²) in [5.74, 6) is -0.294. The van der Waals surface area contributed by atoms with E-state index in [1.54, 1.807) is 0 Å². The number of carbonyl (C=O) groups is 1. The molecule has 1 aromatic rings. The van der Waals surface area contributed by atoms with Crippen molar-refractivity contribution in [3.8, 4) is 6.07 Å². The van der Waals surface area contributed by atoms with E-state index < -0.39 is 17.3 Å². The van der Waals surface area contributed by atoms with E-state index in [-0.39, 0.29) is 11.7 Å². The number of nitrogens with zero attached hydrogens (tertiary/aromatic N) is 2. The minimum Gasteiger partial charge on any atom is -0.337 e. The van der Waals surface area contributed by atoms with Crippen molar-refractivity contribution >= 4 is 17.7 Å². The first-order valence-corrected chi connectivity index (χ1v) is 7.71. The van der Waals surface area contributed by atoms with E-state index in [9.17, 15) is 18.0 Å². The maximum atomic E-state index is 12.4. The predicted molar refractivity (Wildman–Crippen MR) is 74.9 cm³/mol. The Morgan fingerprint density at radius 3 is 2.59 bits per heavy atom. The first-order valence-electron chi connectivity index (χ1n) is 6.73. The summed E-state index contributed by atoms with van der Waals surface area (Å²) in [7, 11) is 0. The van der Waals surface area contributed by atoms with Crippen LogP contribution in [-0.4, -0.2) is 22.2 Å². The molecule has 1 N–H and O–H groups in total. The van der Waals surface area contributed by atoms with Gasteiger partial charge in [0, 0.05) is 6.20 Å². The smallest absolute Gasteiger partial charge is 0.337 e. The van der Waals surface area contributed by atoms with Gasteiger partial charge in [0.25, 0.3) is 0 Å². The Labute approximate surface area is 130 Å². The fourth-order valence-corrected chi connectivity index (χ4v) is 2.96. The maximum Gasteiger partial charge on any atom is 0.417 e. The van der Waals surface area contributed by atoms with E-state index in [4.69, 9.17) is 5.26 Å². The summed E-state index contributed by atoms with van der Waals surface area (Å²) in [6.07, 6.45) is -0.594. The van der Waals surface area contributed by atoms with E-state index in [2.05, 4.69) is 16.4 Å². The van der Waals surface area contributed by atoms with Gasteiger partial charge in [-0.2, -0.15) is 18.4 Å². The zero-order valence-corrected chi connectivity index (χ0v) is 12.4. The Bertz CT molecular complexity index is 574.